The van der Waals surface area contributed by atoms with Crippen molar-refractivity contribution in [2.24, 2.45) is 4.99 Å². The van der Waals surface area contributed by atoms with Crippen LogP contribution in [0.4, 0.5) is 5.69 Å². The van der Waals surface area contributed by atoms with E-state index in [-0.39, 0.29) is 28.9 Å². The van der Waals surface area contributed by atoms with E-state index in [1.54, 1.807) is 19.9 Å². The summed E-state index contributed by atoms with van der Waals surface area (Å²) in [4.78, 5) is 21.5. The molecule has 0 bridgehead atoms. The van der Waals surface area contributed by atoms with Crippen LogP contribution in [-0.2, 0) is 10.3 Å². The lowest BCUT2D eigenvalue weighted by molar-refractivity contribution is -0.0501. The molecule has 4 rings (SSSR count). The Bertz CT molecular complexity index is 1470. The number of halogens is 4. The molecular formula is C27H28Br4N2O4. The molecule has 3 N–H and O–H groups in total. The SMILES string of the molecule is CC(C)c1c(Br)cc2[nH]c(C3=Nc4cc(Br)c(C(C)(C)OCCC(C)(C)O)c(Br)c4C3=O)c(O)c2c1Br. The lowest BCUT2D eigenvalue weighted by Crippen LogP contribution is -2.28. The molecule has 3 aromatic rings. The maximum absolute atomic E-state index is 13.7. The number of H-pyrrole nitrogens is 1. The number of hydrogen-bond donors (Lipinski definition) is 3. The number of rotatable bonds is 7. The molecular weight excluding hydrogens is 736 g/mol. The molecule has 2 heterocycles. The van der Waals surface area contributed by atoms with Crippen molar-refractivity contribution in [3.63, 3.8) is 0 Å². The second-order valence-electron chi connectivity index (χ2n) is 10.7. The fourth-order valence-electron chi connectivity index (χ4n) is 4.53. The molecule has 0 atom stereocenters. The van der Waals surface area contributed by atoms with Crippen LogP contribution in [0.3, 0.4) is 0 Å². The largest absolute Gasteiger partial charge is 0.505 e. The molecule has 37 heavy (non-hydrogen) atoms. The Morgan fingerprint density at radius 1 is 1.05 bits per heavy atom. The summed E-state index contributed by atoms with van der Waals surface area (Å²) in [6, 6.07) is 3.70. The number of ketones is 1. The van der Waals surface area contributed by atoms with E-state index in [4.69, 9.17) is 4.74 Å². The first-order valence-corrected chi connectivity index (χ1v) is 15.0. The smallest absolute Gasteiger partial charge is 0.216 e. The molecule has 6 nitrogen and oxygen atoms in total. The number of carbonyl (C=O) groups is 1. The molecule has 0 amide bonds. The minimum Gasteiger partial charge on any atom is -0.505 e. The van der Waals surface area contributed by atoms with Crippen LogP contribution in [-0.4, -0.2) is 38.9 Å². The fourth-order valence-corrected chi connectivity index (χ4v) is 8.99. The number of carbonyl (C=O) groups excluding carboxylic acids is 1. The predicted octanol–water partition coefficient (Wildman–Crippen LogP) is 8.78. The van der Waals surface area contributed by atoms with Gasteiger partial charge >= 0.3 is 0 Å². The average molecular weight is 764 g/mol. The van der Waals surface area contributed by atoms with Crippen molar-refractivity contribution in [3.8, 4) is 5.75 Å². The van der Waals surface area contributed by atoms with Gasteiger partial charge in [0.15, 0.2) is 5.75 Å². The average Bonchev–Trinajstić information content (AvgIpc) is 3.22. The predicted molar refractivity (Wildman–Crippen MR) is 162 cm³/mol. The summed E-state index contributed by atoms with van der Waals surface area (Å²) in [5, 5.41) is 21.9. The Morgan fingerprint density at radius 2 is 1.70 bits per heavy atom. The summed E-state index contributed by atoms with van der Waals surface area (Å²) in [5.74, 6) is -0.118. The summed E-state index contributed by atoms with van der Waals surface area (Å²) in [5.41, 5.74) is 2.19. The highest BCUT2D eigenvalue weighted by atomic mass is 79.9. The van der Waals surface area contributed by atoms with Crippen molar-refractivity contribution in [1.29, 1.82) is 0 Å². The van der Waals surface area contributed by atoms with Crippen LogP contribution in [0, 0.1) is 0 Å². The molecule has 0 saturated heterocycles. The number of aromatic hydroxyl groups is 1. The monoisotopic (exact) mass is 760 g/mol. The van der Waals surface area contributed by atoms with Gasteiger partial charge in [0.25, 0.3) is 0 Å². The van der Waals surface area contributed by atoms with Crippen LogP contribution < -0.4 is 0 Å². The van der Waals surface area contributed by atoms with Gasteiger partial charge in [-0.3, -0.25) is 4.79 Å². The molecule has 0 radical (unpaired) electrons. The van der Waals surface area contributed by atoms with Gasteiger partial charge in [-0.05, 0) is 89.6 Å². The lowest BCUT2D eigenvalue weighted by atomic mass is 9.93. The Hall–Kier alpha value is -1.04. The number of aliphatic hydroxyl groups is 1. The van der Waals surface area contributed by atoms with Crippen molar-refractivity contribution in [1.82, 2.24) is 4.98 Å². The minimum atomic E-state index is -0.844. The summed E-state index contributed by atoms with van der Waals surface area (Å²) < 4.78 is 9.14. The molecule has 1 aliphatic rings. The van der Waals surface area contributed by atoms with Gasteiger partial charge in [0.1, 0.15) is 11.4 Å². The maximum atomic E-state index is 13.7. The van der Waals surface area contributed by atoms with E-state index >= 15 is 0 Å². The first-order chi connectivity index (χ1) is 17.0. The zero-order chi connectivity index (χ0) is 27.6. The van der Waals surface area contributed by atoms with Crippen molar-refractivity contribution < 1.29 is 19.7 Å². The Morgan fingerprint density at radius 3 is 2.30 bits per heavy atom. The van der Waals surface area contributed by atoms with Crippen molar-refractivity contribution >= 4 is 91.8 Å². The third-order valence-corrected chi connectivity index (χ3v) is 9.35. The van der Waals surface area contributed by atoms with Gasteiger partial charge in [-0.15, -0.1) is 0 Å². The van der Waals surface area contributed by atoms with Crippen LogP contribution >= 0.6 is 63.7 Å². The Kier molecular flexibility index (Phi) is 7.96. The number of fused-ring (bicyclic) bond motifs is 2. The summed E-state index contributed by atoms with van der Waals surface area (Å²) in [7, 11) is 0. The molecule has 1 aliphatic heterocycles. The van der Waals surface area contributed by atoms with Gasteiger partial charge in [-0.25, -0.2) is 4.99 Å². The highest BCUT2D eigenvalue weighted by Crippen LogP contribution is 2.48. The number of ether oxygens (including phenoxy) is 1. The van der Waals surface area contributed by atoms with Gasteiger partial charge in [-0.1, -0.05) is 45.7 Å². The maximum Gasteiger partial charge on any atom is 0.216 e. The number of nitrogens with zero attached hydrogens (tertiary/aromatic N) is 1. The van der Waals surface area contributed by atoms with E-state index in [1.807, 2.05) is 19.9 Å². The number of hydrogen-bond acceptors (Lipinski definition) is 5. The van der Waals surface area contributed by atoms with Crippen molar-refractivity contribution in [3.05, 3.63) is 52.4 Å². The minimum absolute atomic E-state index is 0.0260. The van der Waals surface area contributed by atoms with Gasteiger partial charge in [0.05, 0.1) is 40.0 Å². The third-order valence-electron chi connectivity index (χ3n) is 6.45. The molecule has 2 aromatic carbocycles. The normalized spacial score (nSPS) is 14.2. The number of Topliss-reactive ketones (excluding diaryl/α,β-unsaturated/α-hetero) is 1. The van der Waals surface area contributed by atoms with Crippen LogP contribution in [0.2, 0.25) is 0 Å². The Labute approximate surface area is 249 Å². The van der Waals surface area contributed by atoms with Crippen LogP contribution in [0.1, 0.15) is 81.1 Å². The number of aliphatic imine (C=N–C) groups is 1. The first-order valence-electron chi connectivity index (χ1n) is 11.8. The molecule has 0 fully saturated rings. The van der Waals surface area contributed by atoms with E-state index in [1.165, 1.54) is 0 Å². The van der Waals surface area contributed by atoms with Crippen LogP contribution in [0.25, 0.3) is 10.9 Å². The lowest BCUT2D eigenvalue weighted by Gasteiger charge is -2.30. The highest BCUT2D eigenvalue weighted by molar-refractivity contribution is 9.11. The van der Waals surface area contributed by atoms with Crippen molar-refractivity contribution in [2.75, 3.05) is 6.61 Å². The molecule has 0 spiro atoms. The number of aromatic nitrogens is 1. The molecule has 0 saturated carbocycles. The van der Waals surface area contributed by atoms with Gasteiger partial charge < -0.3 is 19.9 Å². The van der Waals surface area contributed by atoms with E-state index in [0.717, 1.165) is 24.5 Å². The number of nitrogens with one attached hydrogen (secondary N) is 1. The first kappa shape index (κ1) is 29.0. The second-order valence-corrected chi connectivity index (χ2v) is 14.0. The van der Waals surface area contributed by atoms with E-state index < -0.39 is 11.2 Å². The third kappa shape index (κ3) is 5.26. The molecule has 1 aromatic heterocycles. The molecule has 0 unspecified atom stereocenters. The fraction of sp³-hybridized carbons (Fsp3) is 0.407. The number of benzene rings is 2. The zero-order valence-corrected chi connectivity index (χ0v) is 27.7. The molecule has 198 valence electrons. The Balaban J connectivity index is 1.77. The van der Waals surface area contributed by atoms with Gasteiger partial charge in [-0.2, -0.15) is 0 Å². The van der Waals surface area contributed by atoms with E-state index in [0.29, 0.717) is 39.7 Å². The van der Waals surface area contributed by atoms with Crippen molar-refractivity contribution in [2.45, 2.75) is 65.1 Å². The van der Waals surface area contributed by atoms with E-state index in [9.17, 15) is 15.0 Å². The summed E-state index contributed by atoms with van der Waals surface area (Å²) in [6.45, 7) is 11.8. The second kappa shape index (κ2) is 10.2. The topological polar surface area (TPSA) is 94.9 Å². The summed E-state index contributed by atoms with van der Waals surface area (Å²) >= 11 is 14.6. The quantitative estimate of drug-likeness (QED) is 0.224. The van der Waals surface area contributed by atoms with E-state index in [2.05, 4.69) is 87.5 Å². The standard InChI is InChI=1S/C27H28Br4N2O4/c1-11(2)16-12(28)9-14-17(20(16)30)24(34)22(32-14)23-25(35)18-15(33-23)10-13(29)19(21(18)31)27(5,6)37-8-7-26(3,4)36/h9-11,32,34,36H,7-8H2,1-6H3. The summed E-state index contributed by atoms with van der Waals surface area (Å²) in [6.07, 6.45) is 0.465. The van der Waals surface area contributed by atoms with Gasteiger partial charge in [0.2, 0.25) is 5.78 Å². The van der Waals surface area contributed by atoms with Crippen LogP contribution in [0.15, 0.2) is 35.0 Å². The van der Waals surface area contributed by atoms with Crippen LogP contribution in [0.5, 0.6) is 5.75 Å². The molecule has 10 heteroatoms. The molecule has 0 aliphatic carbocycles. The zero-order valence-electron chi connectivity index (χ0n) is 21.3. The van der Waals surface area contributed by atoms with Gasteiger partial charge in [0, 0.05) is 23.5 Å². The highest BCUT2D eigenvalue weighted by Gasteiger charge is 2.37. The number of aromatic amines is 1.